The first-order valence-electron chi connectivity index (χ1n) is 2.98. The summed E-state index contributed by atoms with van der Waals surface area (Å²) in [5.74, 6) is 0. The zero-order valence-electron chi connectivity index (χ0n) is 5.63. The summed E-state index contributed by atoms with van der Waals surface area (Å²) in [5.41, 5.74) is 2.15. The van der Waals surface area contributed by atoms with E-state index >= 15 is 0 Å². The quantitative estimate of drug-likeness (QED) is 0.553. The highest BCUT2D eigenvalue weighted by Gasteiger charge is 1.93. The van der Waals surface area contributed by atoms with Crippen molar-refractivity contribution in [1.29, 1.82) is 0 Å². The monoisotopic (exact) mass is 123 g/mol. The van der Waals surface area contributed by atoms with Gasteiger partial charge in [0.25, 0.3) is 0 Å². The maximum atomic E-state index is 3.79. The minimum Gasteiger partial charge on any atom is -0.138 e. The molecule has 0 unspecified atom stereocenters. The summed E-state index contributed by atoms with van der Waals surface area (Å²) in [6.07, 6.45) is 2.73. The molecule has 0 atom stereocenters. The lowest BCUT2D eigenvalue weighted by Crippen LogP contribution is -1.95. The molecular weight excluding hydrogens is 114 g/mol. The van der Waals surface area contributed by atoms with Crippen LogP contribution in [0.1, 0.15) is 18.2 Å². The molecule has 0 fully saturated rings. The molecular formula is C6H9N3. The van der Waals surface area contributed by atoms with E-state index in [1.54, 1.807) is 6.20 Å². The molecule has 0 N–H and O–H groups in total. The average Bonchev–Trinajstić information content (AvgIpc) is 1.89. The lowest BCUT2D eigenvalue weighted by Gasteiger charge is -1.94. The van der Waals surface area contributed by atoms with Crippen LogP contribution in [0.3, 0.4) is 0 Å². The van der Waals surface area contributed by atoms with E-state index in [4.69, 9.17) is 0 Å². The van der Waals surface area contributed by atoms with Crippen molar-refractivity contribution in [2.45, 2.75) is 20.3 Å². The highest BCUT2D eigenvalue weighted by atomic mass is 15.3. The van der Waals surface area contributed by atoms with E-state index in [1.807, 2.05) is 6.92 Å². The fraction of sp³-hybridized carbons (Fsp3) is 0.500. The summed E-state index contributed by atoms with van der Waals surface area (Å²) < 4.78 is 0. The molecule has 1 aromatic rings. The fourth-order valence-corrected chi connectivity index (χ4v) is 0.693. The van der Waals surface area contributed by atoms with Crippen LogP contribution in [-0.4, -0.2) is 15.4 Å². The number of aryl methyl sites for hydroxylation is 2. The molecule has 0 saturated carbocycles. The second-order valence-electron chi connectivity index (χ2n) is 1.90. The Bertz CT molecular complexity index is 197. The van der Waals surface area contributed by atoms with Crippen LogP contribution >= 0.6 is 0 Å². The van der Waals surface area contributed by atoms with Gasteiger partial charge in [0.05, 0.1) is 11.9 Å². The molecule has 0 radical (unpaired) electrons. The van der Waals surface area contributed by atoms with Gasteiger partial charge in [-0.25, -0.2) is 0 Å². The SMILES string of the molecule is CCc1cnnnc1C. The van der Waals surface area contributed by atoms with Crippen molar-refractivity contribution in [3.63, 3.8) is 0 Å². The van der Waals surface area contributed by atoms with Crippen molar-refractivity contribution in [2.75, 3.05) is 0 Å². The summed E-state index contributed by atoms with van der Waals surface area (Å²) in [6, 6.07) is 0. The third-order valence-corrected chi connectivity index (χ3v) is 1.31. The summed E-state index contributed by atoms with van der Waals surface area (Å²) in [4.78, 5) is 0. The zero-order valence-corrected chi connectivity index (χ0v) is 5.63. The summed E-state index contributed by atoms with van der Waals surface area (Å²) >= 11 is 0. The third-order valence-electron chi connectivity index (χ3n) is 1.31. The highest BCUT2D eigenvalue weighted by molar-refractivity contribution is 5.11. The number of aromatic nitrogens is 3. The Kier molecular flexibility index (Phi) is 1.72. The minimum atomic E-state index is 0.979. The van der Waals surface area contributed by atoms with E-state index in [0.29, 0.717) is 0 Å². The number of nitrogens with zero attached hydrogens (tertiary/aromatic N) is 3. The number of hydrogen-bond acceptors (Lipinski definition) is 3. The van der Waals surface area contributed by atoms with E-state index in [1.165, 1.54) is 5.56 Å². The van der Waals surface area contributed by atoms with Gasteiger partial charge < -0.3 is 0 Å². The Hall–Kier alpha value is -0.990. The van der Waals surface area contributed by atoms with Gasteiger partial charge in [-0.05, 0) is 24.1 Å². The zero-order chi connectivity index (χ0) is 6.69. The second kappa shape index (κ2) is 2.53. The van der Waals surface area contributed by atoms with Gasteiger partial charge in [0.15, 0.2) is 0 Å². The Balaban J connectivity index is 3.01. The average molecular weight is 123 g/mol. The molecule has 0 amide bonds. The molecule has 0 aliphatic rings. The second-order valence-corrected chi connectivity index (χ2v) is 1.90. The van der Waals surface area contributed by atoms with Crippen LogP contribution in [0.15, 0.2) is 6.20 Å². The van der Waals surface area contributed by atoms with Crippen LogP contribution in [0, 0.1) is 6.92 Å². The largest absolute Gasteiger partial charge is 0.138 e. The van der Waals surface area contributed by atoms with Gasteiger partial charge in [0.2, 0.25) is 0 Å². The Morgan fingerprint density at radius 2 is 2.33 bits per heavy atom. The van der Waals surface area contributed by atoms with Crippen molar-refractivity contribution in [2.24, 2.45) is 0 Å². The van der Waals surface area contributed by atoms with E-state index < -0.39 is 0 Å². The van der Waals surface area contributed by atoms with Crippen LogP contribution in [0.2, 0.25) is 0 Å². The molecule has 1 heterocycles. The van der Waals surface area contributed by atoms with Gasteiger partial charge in [-0.3, -0.25) is 0 Å². The van der Waals surface area contributed by atoms with Crippen molar-refractivity contribution >= 4 is 0 Å². The van der Waals surface area contributed by atoms with Crippen molar-refractivity contribution < 1.29 is 0 Å². The van der Waals surface area contributed by atoms with Gasteiger partial charge >= 0.3 is 0 Å². The molecule has 1 aromatic heterocycles. The molecule has 0 spiro atoms. The highest BCUT2D eigenvalue weighted by Crippen LogP contribution is 1.99. The predicted octanol–water partition coefficient (Wildman–Crippen LogP) is 0.742. The third kappa shape index (κ3) is 1.22. The van der Waals surface area contributed by atoms with E-state index in [0.717, 1.165) is 12.1 Å². The first-order valence-corrected chi connectivity index (χ1v) is 2.98. The van der Waals surface area contributed by atoms with Gasteiger partial charge in [-0.15, -0.1) is 10.2 Å². The molecule has 0 aliphatic carbocycles. The van der Waals surface area contributed by atoms with Gasteiger partial charge in [-0.1, -0.05) is 6.92 Å². The topological polar surface area (TPSA) is 38.7 Å². The molecule has 0 aromatic carbocycles. The Labute approximate surface area is 54.1 Å². The van der Waals surface area contributed by atoms with Crippen molar-refractivity contribution in [3.8, 4) is 0 Å². The minimum absolute atomic E-state index is 0.979. The van der Waals surface area contributed by atoms with Crippen LogP contribution < -0.4 is 0 Å². The molecule has 0 saturated heterocycles. The summed E-state index contributed by atoms with van der Waals surface area (Å²) in [5, 5.41) is 10.9. The van der Waals surface area contributed by atoms with Crippen LogP contribution in [0.25, 0.3) is 0 Å². The van der Waals surface area contributed by atoms with E-state index in [-0.39, 0.29) is 0 Å². The maximum Gasteiger partial charge on any atom is 0.0665 e. The predicted molar refractivity (Wildman–Crippen MR) is 33.9 cm³/mol. The fourth-order valence-electron chi connectivity index (χ4n) is 0.693. The van der Waals surface area contributed by atoms with E-state index in [9.17, 15) is 0 Å². The van der Waals surface area contributed by atoms with E-state index in [2.05, 4.69) is 22.3 Å². The van der Waals surface area contributed by atoms with Crippen LogP contribution in [0.4, 0.5) is 0 Å². The molecule has 3 heteroatoms. The summed E-state index contributed by atoms with van der Waals surface area (Å²) in [7, 11) is 0. The standard InChI is InChI=1S/C6H9N3/c1-3-6-4-7-9-8-5(6)2/h4H,3H2,1-2H3. The molecule has 1 rings (SSSR count). The Morgan fingerprint density at radius 1 is 1.56 bits per heavy atom. The number of rotatable bonds is 1. The van der Waals surface area contributed by atoms with Crippen LogP contribution in [0.5, 0.6) is 0 Å². The van der Waals surface area contributed by atoms with Crippen LogP contribution in [-0.2, 0) is 6.42 Å². The molecule has 48 valence electrons. The van der Waals surface area contributed by atoms with Gasteiger partial charge in [0.1, 0.15) is 0 Å². The maximum absolute atomic E-state index is 3.79. The molecule has 0 bridgehead atoms. The smallest absolute Gasteiger partial charge is 0.0665 e. The van der Waals surface area contributed by atoms with Crippen molar-refractivity contribution in [3.05, 3.63) is 17.5 Å². The molecule has 9 heavy (non-hydrogen) atoms. The summed E-state index contributed by atoms with van der Waals surface area (Å²) in [6.45, 7) is 4.01. The van der Waals surface area contributed by atoms with Gasteiger partial charge in [-0.2, -0.15) is 0 Å². The van der Waals surface area contributed by atoms with Gasteiger partial charge in [0, 0.05) is 0 Å². The lowest BCUT2D eigenvalue weighted by atomic mass is 10.2. The van der Waals surface area contributed by atoms with Crippen molar-refractivity contribution in [1.82, 2.24) is 15.4 Å². The first-order chi connectivity index (χ1) is 4.34. The number of hydrogen-bond donors (Lipinski definition) is 0. The first kappa shape index (κ1) is 6.13. The molecule has 0 aliphatic heterocycles. The normalized spacial score (nSPS) is 9.56. The molecule has 3 nitrogen and oxygen atoms in total. The Morgan fingerprint density at radius 3 is 2.78 bits per heavy atom. The lowest BCUT2D eigenvalue weighted by molar-refractivity contribution is 0.812.